The van der Waals surface area contributed by atoms with Crippen LogP contribution in [0.5, 0.6) is 0 Å². The number of pyridine rings is 1. The number of fused-ring (bicyclic) bond motifs is 1. The van der Waals surface area contributed by atoms with E-state index >= 15 is 0 Å². The molecule has 0 fully saturated rings. The number of aromatic amines is 1. The molecule has 0 saturated carbocycles. The molecular weight excluding hydrogens is 353 g/mol. The number of aliphatic hydroxyl groups excluding tert-OH is 1. The molecule has 1 aromatic carbocycles. The summed E-state index contributed by atoms with van der Waals surface area (Å²) in [5, 5.41) is 10.6. The van der Waals surface area contributed by atoms with E-state index in [-0.39, 0.29) is 17.3 Å². The van der Waals surface area contributed by atoms with Crippen LogP contribution < -0.4 is 10.5 Å². The molecule has 0 radical (unpaired) electrons. The van der Waals surface area contributed by atoms with Crippen LogP contribution in [0.3, 0.4) is 0 Å². The van der Waals surface area contributed by atoms with E-state index in [0.717, 1.165) is 0 Å². The number of benzene rings is 1. The Balaban J connectivity index is 2.14. The molecule has 0 saturated heterocycles. The molecule has 0 aliphatic rings. The van der Waals surface area contributed by atoms with Crippen molar-refractivity contribution in [2.75, 3.05) is 11.9 Å². The van der Waals surface area contributed by atoms with Crippen molar-refractivity contribution in [1.82, 2.24) is 9.97 Å². The molecular formula is C16H15Cl2N3O3. The molecule has 0 aliphatic carbocycles. The van der Waals surface area contributed by atoms with Crippen LogP contribution in [0.1, 0.15) is 24.3 Å². The Morgan fingerprint density at radius 1 is 1.33 bits per heavy atom. The third kappa shape index (κ3) is 2.77. The van der Waals surface area contributed by atoms with Gasteiger partial charge in [0.05, 0.1) is 16.1 Å². The molecule has 2 N–H and O–H groups in total. The maximum absolute atomic E-state index is 12.3. The maximum Gasteiger partial charge on any atom is 0.302 e. The highest BCUT2D eigenvalue weighted by atomic mass is 35.5. The van der Waals surface area contributed by atoms with Crippen LogP contribution in [0.15, 0.2) is 27.4 Å². The molecule has 0 bridgehead atoms. The monoisotopic (exact) mass is 367 g/mol. The van der Waals surface area contributed by atoms with Crippen molar-refractivity contribution in [3.63, 3.8) is 0 Å². The number of hydrogen-bond donors (Lipinski definition) is 2. The minimum Gasteiger partial charge on any atom is -0.421 e. The molecule has 126 valence electrons. The third-order valence-electron chi connectivity index (χ3n) is 3.79. The largest absolute Gasteiger partial charge is 0.421 e. The molecule has 0 amide bonds. The number of anilines is 2. The molecule has 1 atom stereocenters. The van der Waals surface area contributed by atoms with Gasteiger partial charge in [0.2, 0.25) is 0 Å². The molecule has 2 heterocycles. The van der Waals surface area contributed by atoms with E-state index in [9.17, 15) is 9.90 Å². The Hall–Kier alpha value is -2.02. The van der Waals surface area contributed by atoms with E-state index in [4.69, 9.17) is 27.6 Å². The summed E-state index contributed by atoms with van der Waals surface area (Å²) >= 11 is 12.2. The first kappa shape index (κ1) is 16.8. The highest BCUT2D eigenvalue weighted by Gasteiger charge is 2.20. The summed E-state index contributed by atoms with van der Waals surface area (Å²) in [7, 11) is 1.64. The number of H-pyrrole nitrogens is 1. The quantitative estimate of drug-likeness (QED) is 0.732. The Morgan fingerprint density at radius 3 is 2.62 bits per heavy atom. The molecule has 3 rings (SSSR count). The molecule has 0 spiro atoms. The van der Waals surface area contributed by atoms with E-state index in [1.165, 1.54) is 4.90 Å². The number of halogens is 2. The average Bonchev–Trinajstić information content (AvgIpc) is 2.96. The lowest BCUT2D eigenvalue weighted by atomic mass is 10.1. The lowest BCUT2D eigenvalue weighted by Gasteiger charge is -2.17. The summed E-state index contributed by atoms with van der Waals surface area (Å²) in [6.07, 6.45) is -0.721. The van der Waals surface area contributed by atoms with Crippen molar-refractivity contribution < 1.29 is 9.52 Å². The second-order valence-electron chi connectivity index (χ2n) is 5.50. The Morgan fingerprint density at radius 2 is 2.00 bits per heavy atom. The van der Waals surface area contributed by atoms with Crippen molar-refractivity contribution in [2.45, 2.75) is 20.0 Å². The van der Waals surface area contributed by atoms with Gasteiger partial charge in [-0.1, -0.05) is 23.2 Å². The van der Waals surface area contributed by atoms with Gasteiger partial charge in [0.25, 0.3) is 5.56 Å². The van der Waals surface area contributed by atoms with Crippen molar-refractivity contribution in [2.24, 2.45) is 0 Å². The zero-order valence-electron chi connectivity index (χ0n) is 13.2. The van der Waals surface area contributed by atoms with Gasteiger partial charge in [0.1, 0.15) is 11.2 Å². The number of aliphatic hydroxyl groups is 1. The normalized spacial score (nSPS) is 12.6. The third-order valence-corrected chi connectivity index (χ3v) is 4.39. The standard InChI is InChI=1S/C16H15Cl2N3O3/c1-7-9(8(2)22)6-12(15(23)19-7)21(3)16-20-13-10(17)4-5-11(18)14(13)24-16/h4-6,8,22H,1-3H3,(H,19,23). The van der Waals surface area contributed by atoms with Crippen LogP contribution in [-0.2, 0) is 0 Å². The van der Waals surface area contributed by atoms with Crippen molar-refractivity contribution in [3.8, 4) is 0 Å². The minimum absolute atomic E-state index is 0.172. The first-order valence-electron chi connectivity index (χ1n) is 7.19. The molecule has 3 aromatic rings. The summed E-state index contributed by atoms with van der Waals surface area (Å²) in [6, 6.07) is 5.02. The van der Waals surface area contributed by atoms with Gasteiger partial charge in [-0.05, 0) is 32.0 Å². The van der Waals surface area contributed by atoms with Crippen LogP contribution in [0.25, 0.3) is 11.1 Å². The van der Waals surface area contributed by atoms with Gasteiger partial charge in [-0.3, -0.25) is 9.69 Å². The first-order valence-corrected chi connectivity index (χ1v) is 7.95. The smallest absolute Gasteiger partial charge is 0.302 e. The van der Waals surface area contributed by atoms with Gasteiger partial charge in [-0.25, -0.2) is 0 Å². The molecule has 0 aliphatic heterocycles. The second kappa shape index (κ2) is 6.12. The summed E-state index contributed by atoms with van der Waals surface area (Å²) in [5.41, 5.74) is 1.96. The summed E-state index contributed by atoms with van der Waals surface area (Å²) in [4.78, 5) is 20.8. The Kier molecular flexibility index (Phi) is 4.29. The molecule has 2 aromatic heterocycles. The lowest BCUT2D eigenvalue weighted by Crippen LogP contribution is -2.22. The zero-order valence-corrected chi connectivity index (χ0v) is 14.7. The summed E-state index contributed by atoms with van der Waals surface area (Å²) in [6.45, 7) is 3.36. The lowest BCUT2D eigenvalue weighted by molar-refractivity contribution is 0.198. The average molecular weight is 368 g/mol. The Labute approximate surface area is 147 Å². The van der Waals surface area contributed by atoms with E-state index in [1.807, 2.05) is 0 Å². The van der Waals surface area contributed by atoms with Gasteiger partial charge in [0, 0.05) is 18.3 Å². The first-order chi connectivity index (χ1) is 11.3. The summed E-state index contributed by atoms with van der Waals surface area (Å²) in [5.74, 6) is 0. The topological polar surface area (TPSA) is 82.4 Å². The molecule has 24 heavy (non-hydrogen) atoms. The van der Waals surface area contributed by atoms with Crippen molar-refractivity contribution in [3.05, 3.63) is 49.9 Å². The molecule has 6 nitrogen and oxygen atoms in total. The predicted octanol–water partition coefficient (Wildman–Crippen LogP) is 3.95. The minimum atomic E-state index is -0.721. The fourth-order valence-corrected chi connectivity index (χ4v) is 2.87. The van der Waals surface area contributed by atoms with Crippen molar-refractivity contribution in [1.29, 1.82) is 0 Å². The van der Waals surface area contributed by atoms with E-state index in [2.05, 4.69) is 9.97 Å². The van der Waals surface area contributed by atoms with Gasteiger partial charge in [-0.2, -0.15) is 4.98 Å². The maximum atomic E-state index is 12.3. The van der Waals surface area contributed by atoms with Crippen molar-refractivity contribution >= 4 is 46.0 Å². The number of aromatic nitrogens is 2. The van der Waals surface area contributed by atoms with Gasteiger partial charge < -0.3 is 14.5 Å². The number of oxazole rings is 1. The van der Waals surface area contributed by atoms with Gasteiger partial charge in [0.15, 0.2) is 5.58 Å². The van der Waals surface area contributed by atoms with Crippen LogP contribution in [0.4, 0.5) is 11.7 Å². The number of rotatable bonds is 3. The van der Waals surface area contributed by atoms with Gasteiger partial charge in [-0.15, -0.1) is 0 Å². The highest BCUT2D eigenvalue weighted by Crippen LogP contribution is 2.34. The predicted molar refractivity (Wildman–Crippen MR) is 94.5 cm³/mol. The molecule has 8 heteroatoms. The van der Waals surface area contributed by atoms with E-state index in [0.29, 0.717) is 32.4 Å². The molecule has 1 unspecified atom stereocenters. The second-order valence-corrected chi connectivity index (χ2v) is 6.32. The number of aryl methyl sites for hydroxylation is 1. The van der Waals surface area contributed by atoms with Crippen LogP contribution in [0.2, 0.25) is 10.0 Å². The fraction of sp³-hybridized carbons (Fsp3) is 0.250. The Bertz CT molecular complexity index is 940. The SMILES string of the molecule is Cc1[nH]c(=O)c(N(C)c2nc3c(Cl)ccc(Cl)c3o2)cc1C(C)O. The number of nitrogens with one attached hydrogen (secondary N) is 1. The van der Waals surface area contributed by atoms with Gasteiger partial charge >= 0.3 is 6.01 Å². The van der Waals surface area contributed by atoms with E-state index in [1.54, 1.807) is 39.1 Å². The fourth-order valence-electron chi connectivity index (χ4n) is 2.49. The number of nitrogens with zero attached hydrogens (tertiary/aromatic N) is 2. The number of hydrogen-bond acceptors (Lipinski definition) is 5. The van der Waals surface area contributed by atoms with Crippen LogP contribution >= 0.6 is 23.2 Å². The van der Waals surface area contributed by atoms with Crippen LogP contribution in [-0.4, -0.2) is 22.1 Å². The summed E-state index contributed by atoms with van der Waals surface area (Å²) < 4.78 is 5.66. The zero-order chi connectivity index (χ0) is 17.6. The van der Waals surface area contributed by atoms with Crippen LogP contribution in [0, 0.1) is 6.92 Å². The highest BCUT2D eigenvalue weighted by molar-refractivity contribution is 6.39. The van der Waals surface area contributed by atoms with E-state index < -0.39 is 6.10 Å².